The zero-order chi connectivity index (χ0) is 13.1. The average Bonchev–Trinajstić information content (AvgIpc) is 2.77. The highest BCUT2D eigenvalue weighted by atomic mass is 16.5. The lowest BCUT2D eigenvalue weighted by molar-refractivity contribution is 0.0697. The Morgan fingerprint density at radius 2 is 2.44 bits per heavy atom. The van der Waals surface area contributed by atoms with Gasteiger partial charge in [-0.15, -0.1) is 0 Å². The van der Waals surface area contributed by atoms with Gasteiger partial charge in [0.2, 0.25) is 0 Å². The normalized spacial score (nSPS) is 19.2. The standard InChI is InChI=1S/C13H18N2O3/c1-9-5-12(11(6-14-9)13(16)17)15-4-3-10(7-15)8-18-2/h5-6,10H,3-4,7-8H2,1-2H3,(H,16,17). The quantitative estimate of drug-likeness (QED) is 0.878. The van der Waals surface area contributed by atoms with Crippen molar-refractivity contribution >= 4 is 11.7 Å². The number of aromatic nitrogens is 1. The summed E-state index contributed by atoms with van der Waals surface area (Å²) in [6.07, 6.45) is 2.48. The van der Waals surface area contributed by atoms with Crippen molar-refractivity contribution in [2.24, 2.45) is 5.92 Å². The molecule has 0 spiro atoms. The number of anilines is 1. The van der Waals surface area contributed by atoms with Crippen molar-refractivity contribution in [2.45, 2.75) is 13.3 Å². The van der Waals surface area contributed by atoms with Crippen LogP contribution in [0.5, 0.6) is 0 Å². The second-order valence-corrected chi connectivity index (χ2v) is 4.70. The van der Waals surface area contributed by atoms with Crippen LogP contribution in [0.3, 0.4) is 0 Å². The Balaban J connectivity index is 2.23. The van der Waals surface area contributed by atoms with E-state index in [1.165, 1.54) is 6.20 Å². The minimum absolute atomic E-state index is 0.277. The van der Waals surface area contributed by atoms with Crippen LogP contribution in [0.25, 0.3) is 0 Å². The van der Waals surface area contributed by atoms with Crippen LogP contribution in [0, 0.1) is 12.8 Å². The molecule has 1 aliphatic rings. The van der Waals surface area contributed by atoms with Gasteiger partial charge >= 0.3 is 5.97 Å². The van der Waals surface area contributed by atoms with Crippen molar-refractivity contribution in [1.29, 1.82) is 0 Å². The molecule has 2 rings (SSSR count). The minimum atomic E-state index is -0.923. The third kappa shape index (κ3) is 2.61. The lowest BCUT2D eigenvalue weighted by Crippen LogP contribution is -2.23. The summed E-state index contributed by atoms with van der Waals surface area (Å²) in [5.74, 6) is -0.446. The van der Waals surface area contributed by atoms with Gasteiger partial charge in [-0.05, 0) is 19.4 Å². The van der Waals surface area contributed by atoms with Gasteiger partial charge in [0, 0.05) is 38.0 Å². The molecule has 2 heterocycles. The second-order valence-electron chi connectivity index (χ2n) is 4.70. The lowest BCUT2D eigenvalue weighted by atomic mass is 10.1. The Morgan fingerprint density at radius 3 is 3.11 bits per heavy atom. The van der Waals surface area contributed by atoms with E-state index in [0.29, 0.717) is 5.92 Å². The Labute approximate surface area is 106 Å². The number of aryl methyl sites for hydroxylation is 1. The number of pyridine rings is 1. The van der Waals surface area contributed by atoms with Gasteiger partial charge < -0.3 is 14.7 Å². The highest BCUT2D eigenvalue weighted by Crippen LogP contribution is 2.27. The first kappa shape index (κ1) is 12.8. The molecule has 1 aromatic heterocycles. The Kier molecular flexibility index (Phi) is 3.81. The summed E-state index contributed by atoms with van der Waals surface area (Å²) in [5, 5.41) is 9.19. The predicted molar refractivity (Wildman–Crippen MR) is 68.1 cm³/mol. The molecule has 0 radical (unpaired) electrons. The molecular weight excluding hydrogens is 232 g/mol. The predicted octanol–water partition coefficient (Wildman–Crippen LogP) is 1.56. The van der Waals surface area contributed by atoms with E-state index in [9.17, 15) is 9.90 Å². The monoisotopic (exact) mass is 250 g/mol. The molecule has 98 valence electrons. The topological polar surface area (TPSA) is 62.7 Å². The van der Waals surface area contributed by atoms with Gasteiger partial charge in [0.15, 0.2) is 0 Å². The highest BCUT2D eigenvalue weighted by molar-refractivity contribution is 5.94. The maximum atomic E-state index is 11.2. The molecule has 18 heavy (non-hydrogen) atoms. The van der Waals surface area contributed by atoms with E-state index in [1.54, 1.807) is 7.11 Å². The first-order chi connectivity index (χ1) is 8.61. The molecule has 1 fully saturated rings. The maximum Gasteiger partial charge on any atom is 0.339 e. The van der Waals surface area contributed by atoms with Gasteiger partial charge in [0.1, 0.15) is 5.56 Å². The molecule has 5 heteroatoms. The number of aromatic carboxylic acids is 1. The molecule has 1 atom stereocenters. The van der Waals surface area contributed by atoms with Crippen LogP contribution >= 0.6 is 0 Å². The molecule has 0 aromatic carbocycles. The molecule has 0 amide bonds. The number of hydrogen-bond donors (Lipinski definition) is 1. The fraction of sp³-hybridized carbons (Fsp3) is 0.538. The van der Waals surface area contributed by atoms with E-state index in [-0.39, 0.29) is 5.56 Å². The number of methoxy groups -OCH3 is 1. The minimum Gasteiger partial charge on any atom is -0.478 e. The van der Waals surface area contributed by atoms with Gasteiger partial charge in [-0.3, -0.25) is 4.98 Å². The molecule has 1 N–H and O–H groups in total. The Morgan fingerprint density at radius 1 is 1.67 bits per heavy atom. The van der Waals surface area contributed by atoms with Crippen molar-refractivity contribution < 1.29 is 14.6 Å². The fourth-order valence-corrected chi connectivity index (χ4v) is 2.39. The van der Waals surface area contributed by atoms with Gasteiger partial charge in [0.05, 0.1) is 12.3 Å². The van der Waals surface area contributed by atoms with Gasteiger partial charge in [0.25, 0.3) is 0 Å². The molecule has 1 unspecified atom stereocenters. The van der Waals surface area contributed by atoms with Crippen molar-refractivity contribution in [3.05, 3.63) is 23.5 Å². The van der Waals surface area contributed by atoms with Crippen LogP contribution in [-0.4, -0.2) is 42.9 Å². The SMILES string of the molecule is COCC1CCN(c2cc(C)ncc2C(=O)O)C1. The third-order valence-corrected chi connectivity index (χ3v) is 3.28. The van der Waals surface area contributed by atoms with Crippen LogP contribution in [0.1, 0.15) is 22.5 Å². The fourth-order valence-electron chi connectivity index (χ4n) is 2.39. The average molecular weight is 250 g/mol. The van der Waals surface area contributed by atoms with E-state index in [0.717, 1.165) is 37.5 Å². The number of nitrogens with zero attached hydrogens (tertiary/aromatic N) is 2. The maximum absolute atomic E-state index is 11.2. The number of carboxylic acid groups (broad SMARTS) is 1. The number of hydrogen-bond acceptors (Lipinski definition) is 4. The van der Waals surface area contributed by atoms with Crippen molar-refractivity contribution in [2.75, 3.05) is 31.7 Å². The third-order valence-electron chi connectivity index (χ3n) is 3.28. The molecule has 0 aliphatic carbocycles. The molecule has 5 nitrogen and oxygen atoms in total. The lowest BCUT2D eigenvalue weighted by Gasteiger charge is -2.21. The number of carboxylic acids is 1. The number of ether oxygens (including phenoxy) is 1. The summed E-state index contributed by atoms with van der Waals surface area (Å²) < 4.78 is 5.16. The van der Waals surface area contributed by atoms with Crippen molar-refractivity contribution in [3.8, 4) is 0 Å². The van der Waals surface area contributed by atoms with E-state index >= 15 is 0 Å². The first-order valence-corrected chi connectivity index (χ1v) is 6.05. The van der Waals surface area contributed by atoms with Crippen molar-refractivity contribution in [3.63, 3.8) is 0 Å². The van der Waals surface area contributed by atoms with E-state index in [1.807, 2.05) is 13.0 Å². The Bertz CT molecular complexity index is 448. The highest BCUT2D eigenvalue weighted by Gasteiger charge is 2.25. The summed E-state index contributed by atoms with van der Waals surface area (Å²) in [7, 11) is 1.70. The number of rotatable bonds is 4. The van der Waals surface area contributed by atoms with E-state index < -0.39 is 5.97 Å². The summed E-state index contributed by atoms with van der Waals surface area (Å²) in [4.78, 5) is 17.4. The van der Waals surface area contributed by atoms with Gasteiger partial charge in [-0.2, -0.15) is 0 Å². The summed E-state index contributed by atoms with van der Waals surface area (Å²) in [6, 6.07) is 1.85. The molecule has 1 aromatic rings. The van der Waals surface area contributed by atoms with E-state index in [4.69, 9.17) is 4.74 Å². The smallest absolute Gasteiger partial charge is 0.339 e. The Hall–Kier alpha value is -1.62. The summed E-state index contributed by atoms with van der Waals surface area (Å²) in [6.45, 7) is 4.32. The van der Waals surface area contributed by atoms with Crippen molar-refractivity contribution in [1.82, 2.24) is 4.98 Å². The van der Waals surface area contributed by atoms with Gasteiger partial charge in [-0.1, -0.05) is 0 Å². The molecular formula is C13H18N2O3. The van der Waals surface area contributed by atoms with Crippen LogP contribution in [0.2, 0.25) is 0 Å². The largest absolute Gasteiger partial charge is 0.478 e. The summed E-state index contributed by atoms with van der Waals surface area (Å²) >= 11 is 0. The zero-order valence-electron chi connectivity index (χ0n) is 10.7. The zero-order valence-corrected chi connectivity index (χ0v) is 10.7. The second kappa shape index (κ2) is 5.35. The van der Waals surface area contributed by atoms with Crippen LogP contribution < -0.4 is 4.90 Å². The molecule has 1 saturated heterocycles. The van der Waals surface area contributed by atoms with E-state index in [2.05, 4.69) is 9.88 Å². The molecule has 0 bridgehead atoms. The van der Waals surface area contributed by atoms with Crippen LogP contribution in [-0.2, 0) is 4.74 Å². The molecule has 0 saturated carbocycles. The first-order valence-electron chi connectivity index (χ1n) is 6.05. The summed E-state index contributed by atoms with van der Waals surface area (Å²) in [5.41, 5.74) is 1.89. The van der Waals surface area contributed by atoms with Crippen LogP contribution in [0.15, 0.2) is 12.3 Å². The van der Waals surface area contributed by atoms with Crippen LogP contribution in [0.4, 0.5) is 5.69 Å². The number of carbonyl (C=O) groups is 1. The van der Waals surface area contributed by atoms with Gasteiger partial charge in [-0.25, -0.2) is 4.79 Å². The molecule has 1 aliphatic heterocycles.